The Morgan fingerprint density at radius 3 is 2.77 bits per heavy atom. The van der Waals surface area contributed by atoms with Crippen LogP contribution in [0.1, 0.15) is 6.92 Å². The van der Waals surface area contributed by atoms with Crippen LogP contribution in [-0.4, -0.2) is 21.1 Å². The summed E-state index contributed by atoms with van der Waals surface area (Å²) in [5, 5.41) is 5.43. The van der Waals surface area contributed by atoms with E-state index in [9.17, 15) is 4.79 Å². The van der Waals surface area contributed by atoms with Gasteiger partial charge < -0.3 is 5.32 Å². The van der Waals surface area contributed by atoms with Crippen LogP contribution in [0.15, 0.2) is 60.1 Å². The van der Waals surface area contributed by atoms with E-state index in [4.69, 9.17) is 11.6 Å². The summed E-state index contributed by atoms with van der Waals surface area (Å²) in [6.45, 7) is 2.04. The first kappa shape index (κ1) is 17.1. The van der Waals surface area contributed by atoms with E-state index in [1.807, 2.05) is 48.7 Å². The van der Waals surface area contributed by atoms with E-state index in [0.29, 0.717) is 16.4 Å². The second-order valence-corrected chi connectivity index (χ2v) is 7.63. The molecule has 0 saturated carbocycles. The molecule has 130 valence electrons. The molecule has 3 aromatic rings. The van der Waals surface area contributed by atoms with Gasteiger partial charge in [0.25, 0.3) is 0 Å². The van der Waals surface area contributed by atoms with Crippen molar-refractivity contribution in [2.45, 2.75) is 12.2 Å². The number of aromatic nitrogens is 2. The SMILES string of the molecule is CC1C=CSC1C(=O)Nc1ccc(Cl)c(-c2cnc3ccccc3n2)c1. The molecule has 2 atom stereocenters. The van der Waals surface area contributed by atoms with Crippen molar-refractivity contribution in [1.82, 2.24) is 9.97 Å². The summed E-state index contributed by atoms with van der Waals surface area (Å²) >= 11 is 7.92. The van der Waals surface area contributed by atoms with E-state index in [0.717, 1.165) is 16.6 Å². The Morgan fingerprint density at radius 1 is 1.19 bits per heavy atom. The molecular weight excluding hydrogens is 366 g/mol. The van der Waals surface area contributed by atoms with Crippen molar-refractivity contribution in [3.05, 3.63) is 65.2 Å². The molecule has 0 aliphatic carbocycles. The maximum atomic E-state index is 12.5. The first-order valence-corrected chi connectivity index (χ1v) is 9.58. The van der Waals surface area contributed by atoms with Crippen molar-refractivity contribution in [3.8, 4) is 11.3 Å². The van der Waals surface area contributed by atoms with Gasteiger partial charge in [0, 0.05) is 11.3 Å². The van der Waals surface area contributed by atoms with Crippen molar-refractivity contribution in [2.75, 3.05) is 5.32 Å². The largest absolute Gasteiger partial charge is 0.325 e. The Labute approximate surface area is 160 Å². The van der Waals surface area contributed by atoms with Crippen LogP contribution >= 0.6 is 23.4 Å². The van der Waals surface area contributed by atoms with Crippen molar-refractivity contribution in [2.24, 2.45) is 5.92 Å². The summed E-state index contributed by atoms with van der Waals surface area (Å²) in [5.74, 6) is 0.212. The molecule has 0 spiro atoms. The summed E-state index contributed by atoms with van der Waals surface area (Å²) in [4.78, 5) is 21.6. The molecule has 0 fully saturated rings. The van der Waals surface area contributed by atoms with Gasteiger partial charge in [-0.2, -0.15) is 0 Å². The number of allylic oxidation sites excluding steroid dienone is 1. The molecule has 4 nitrogen and oxygen atoms in total. The average Bonchev–Trinajstić information content (AvgIpc) is 3.09. The minimum absolute atomic E-state index is 0.00892. The number of thioether (sulfide) groups is 1. The standard InChI is InChI=1S/C20H16ClN3OS/c1-12-8-9-26-19(12)20(25)23-13-6-7-15(21)14(10-13)18-11-22-16-4-2-3-5-17(16)24-18/h2-12,19H,1H3,(H,23,25). The minimum atomic E-state index is -0.102. The maximum absolute atomic E-state index is 12.5. The van der Waals surface area contributed by atoms with Crippen LogP contribution in [0.3, 0.4) is 0 Å². The normalized spacial score (nSPS) is 19.0. The Hall–Kier alpha value is -2.37. The minimum Gasteiger partial charge on any atom is -0.325 e. The monoisotopic (exact) mass is 381 g/mol. The van der Waals surface area contributed by atoms with Gasteiger partial charge >= 0.3 is 0 Å². The third-order valence-corrected chi connectivity index (χ3v) is 5.88. The maximum Gasteiger partial charge on any atom is 0.238 e. The predicted octanol–water partition coefficient (Wildman–Crippen LogP) is 5.15. The van der Waals surface area contributed by atoms with E-state index in [2.05, 4.69) is 15.3 Å². The molecule has 1 aromatic heterocycles. The first-order chi connectivity index (χ1) is 12.6. The number of hydrogen-bond donors (Lipinski definition) is 1. The topological polar surface area (TPSA) is 54.9 Å². The lowest BCUT2D eigenvalue weighted by molar-refractivity contribution is -0.116. The van der Waals surface area contributed by atoms with Gasteiger partial charge in [0.15, 0.2) is 0 Å². The third kappa shape index (κ3) is 3.32. The second kappa shape index (κ2) is 7.09. The van der Waals surface area contributed by atoms with E-state index < -0.39 is 0 Å². The number of fused-ring (bicyclic) bond motifs is 1. The van der Waals surface area contributed by atoms with Gasteiger partial charge in [0.1, 0.15) is 0 Å². The van der Waals surface area contributed by atoms with Crippen LogP contribution < -0.4 is 5.32 Å². The second-order valence-electron chi connectivity index (χ2n) is 6.17. The molecule has 1 aliphatic heterocycles. The summed E-state index contributed by atoms with van der Waals surface area (Å²) in [6.07, 6.45) is 3.75. The quantitative estimate of drug-likeness (QED) is 0.681. The fourth-order valence-corrected chi connectivity index (χ4v) is 4.12. The molecule has 2 unspecified atom stereocenters. The van der Waals surface area contributed by atoms with Crippen molar-refractivity contribution >= 4 is 46.0 Å². The molecule has 26 heavy (non-hydrogen) atoms. The molecule has 4 rings (SSSR count). The lowest BCUT2D eigenvalue weighted by Crippen LogP contribution is -2.27. The van der Waals surface area contributed by atoms with Gasteiger partial charge in [-0.3, -0.25) is 9.78 Å². The van der Waals surface area contributed by atoms with Gasteiger partial charge in [0.05, 0.1) is 33.2 Å². The fourth-order valence-electron chi connectivity index (χ4n) is 2.88. The smallest absolute Gasteiger partial charge is 0.238 e. The highest BCUT2D eigenvalue weighted by Crippen LogP contribution is 2.32. The molecule has 0 bridgehead atoms. The number of hydrogen-bond acceptors (Lipinski definition) is 4. The molecular formula is C20H16ClN3OS. The molecule has 2 aromatic carbocycles. The van der Waals surface area contributed by atoms with E-state index >= 15 is 0 Å². The lowest BCUT2D eigenvalue weighted by Gasteiger charge is -2.15. The molecule has 0 radical (unpaired) electrons. The fraction of sp³-hybridized carbons (Fsp3) is 0.150. The van der Waals surface area contributed by atoms with Gasteiger partial charge in [-0.05, 0) is 41.7 Å². The summed E-state index contributed by atoms with van der Waals surface area (Å²) in [7, 11) is 0. The van der Waals surface area contributed by atoms with Crippen LogP contribution in [0.2, 0.25) is 5.02 Å². The van der Waals surface area contributed by atoms with Crippen LogP contribution in [0.5, 0.6) is 0 Å². The van der Waals surface area contributed by atoms with Gasteiger partial charge in [-0.15, -0.1) is 11.8 Å². The number of para-hydroxylation sites is 2. The summed E-state index contributed by atoms with van der Waals surface area (Å²) in [6, 6.07) is 13.1. The number of amides is 1. The summed E-state index contributed by atoms with van der Waals surface area (Å²) in [5.41, 5.74) is 3.75. The van der Waals surface area contributed by atoms with Crippen LogP contribution in [-0.2, 0) is 4.79 Å². The number of nitrogens with one attached hydrogen (secondary N) is 1. The zero-order valence-electron chi connectivity index (χ0n) is 14.0. The van der Waals surface area contributed by atoms with Crippen LogP contribution in [0.4, 0.5) is 5.69 Å². The average molecular weight is 382 g/mol. The molecule has 0 saturated heterocycles. The van der Waals surface area contributed by atoms with E-state index in [1.165, 1.54) is 0 Å². The Bertz CT molecular complexity index is 1020. The molecule has 2 heterocycles. The number of carbonyl (C=O) groups is 1. The molecule has 1 N–H and O–H groups in total. The Balaban J connectivity index is 1.64. The Kier molecular flexibility index (Phi) is 4.66. The van der Waals surface area contributed by atoms with Gasteiger partial charge in [-0.25, -0.2) is 4.98 Å². The highest BCUT2D eigenvalue weighted by molar-refractivity contribution is 8.03. The van der Waals surface area contributed by atoms with Gasteiger partial charge in [-0.1, -0.05) is 36.7 Å². The molecule has 1 aliphatic rings. The predicted molar refractivity (Wildman–Crippen MR) is 108 cm³/mol. The number of rotatable bonds is 3. The zero-order valence-corrected chi connectivity index (χ0v) is 15.6. The van der Waals surface area contributed by atoms with Crippen LogP contribution in [0, 0.1) is 5.92 Å². The first-order valence-electron chi connectivity index (χ1n) is 8.26. The highest BCUT2D eigenvalue weighted by Gasteiger charge is 2.27. The van der Waals surface area contributed by atoms with Crippen molar-refractivity contribution < 1.29 is 4.79 Å². The number of halogens is 1. The van der Waals surface area contributed by atoms with E-state index in [1.54, 1.807) is 30.1 Å². The van der Waals surface area contributed by atoms with Gasteiger partial charge in [0.2, 0.25) is 5.91 Å². The van der Waals surface area contributed by atoms with E-state index in [-0.39, 0.29) is 17.1 Å². The number of benzene rings is 2. The third-order valence-electron chi connectivity index (χ3n) is 4.30. The Morgan fingerprint density at radius 2 is 2.00 bits per heavy atom. The molecule has 1 amide bonds. The number of carbonyl (C=O) groups excluding carboxylic acids is 1. The van der Waals surface area contributed by atoms with Crippen molar-refractivity contribution in [1.29, 1.82) is 0 Å². The molecule has 6 heteroatoms. The summed E-state index contributed by atoms with van der Waals surface area (Å²) < 4.78 is 0. The van der Waals surface area contributed by atoms with Crippen molar-refractivity contribution in [3.63, 3.8) is 0 Å². The zero-order chi connectivity index (χ0) is 18.1. The lowest BCUT2D eigenvalue weighted by atomic mass is 10.1. The number of anilines is 1. The number of nitrogens with zero attached hydrogens (tertiary/aromatic N) is 2. The van der Waals surface area contributed by atoms with Crippen LogP contribution in [0.25, 0.3) is 22.3 Å². The highest BCUT2D eigenvalue weighted by atomic mass is 35.5.